The van der Waals surface area contributed by atoms with Gasteiger partial charge in [0.1, 0.15) is 11.5 Å². The Morgan fingerprint density at radius 3 is 1.35 bits per heavy atom. The second-order valence-electron chi connectivity index (χ2n) is 14.1. The van der Waals surface area contributed by atoms with Gasteiger partial charge in [-0.25, -0.2) is 0 Å². The van der Waals surface area contributed by atoms with Gasteiger partial charge in [-0.1, -0.05) is 124 Å². The molecular formula is C38H54O3Si2. The Hall–Kier alpha value is -2.61. The van der Waals surface area contributed by atoms with E-state index in [1.165, 1.54) is 21.5 Å². The van der Waals surface area contributed by atoms with Crippen LogP contribution in [0.1, 0.15) is 50.7 Å². The summed E-state index contributed by atoms with van der Waals surface area (Å²) in [6, 6.07) is 13.6. The van der Waals surface area contributed by atoms with E-state index in [0.717, 1.165) is 37.2 Å². The molecule has 4 rings (SSSR count). The lowest BCUT2D eigenvalue weighted by Gasteiger charge is -2.36. The molecule has 5 heteroatoms. The fourth-order valence-electron chi connectivity index (χ4n) is 6.62. The minimum Gasteiger partial charge on any atom is -0.494 e. The summed E-state index contributed by atoms with van der Waals surface area (Å²) in [5.74, 6) is 2.21. The predicted molar refractivity (Wildman–Crippen MR) is 190 cm³/mol. The Bertz CT molecular complexity index is 1250. The first kappa shape index (κ1) is 33.3. The molecule has 0 fully saturated rings. The van der Waals surface area contributed by atoms with Crippen LogP contribution in [0.5, 0.6) is 11.5 Å². The molecule has 0 heterocycles. The monoisotopic (exact) mass is 614 g/mol. The first-order valence-corrected chi connectivity index (χ1v) is 23.3. The Morgan fingerprint density at radius 2 is 1.02 bits per heavy atom. The average Bonchev–Trinajstić information content (AvgIpc) is 2.97. The van der Waals surface area contributed by atoms with Crippen molar-refractivity contribution < 1.29 is 14.2 Å². The van der Waals surface area contributed by atoms with E-state index in [1.54, 1.807) is 0 Å². The zero-order valence-corrected chi connectivity index (χ0v) is 30.0. The minimum absolute atomic E-state index is 0.131. The molecule has 2 aromatic carbocycles. The molecule has 43 heavy (non-hydrogen) atoms. The van der Waals surface area contributed by atoms with Gasteiger partial charge in [-0.2, -0.15) is 0 Å². The van der Waals surface area contributed by atoms with Gasteiger partial charge >= 0.3 is 0 Å². The molecule has 3 nitrogen and oxygen atoms in total. The fraction of sp³-hybridized carbons (Fsp3) is 0.474. The van der Waals surface area contributed by atoms with Crippen molar-refractivity contribution in [2.45, 2.75) is 89.6 Å². The third-order valence-corrected chi connectivity index (χ3v) is 13.0. The van der Waals surface area contributed by atoms with Gasteiger partial charge < -0.3 is 14.2 Å². The van der Waals surface area contributed by atoms with Gasteiger partial charge in [0.05, 0.1) is 29.4 Å². The van der Waals surface area contributed by atoms with Gasteiger partial charge in [0, 0.05) is 35.2 Å². The summed E-state index contributed by atoms with van der Waals surface area (Å²) >= 11 is 0. The number of allylic oxidation sites excluding steroid dienone is 8. The molecule has 0 bridgehead atoms. The van der Waals surface area contributed by atoms with Gasteiger partial charge in [0.15, 0.2) is 0 Å². The van der Waals surface area contributed by atoms with Crippen LogP contribution < -0.4 is 19.8 Å². The van der Waals surface area contributed by atoms with E-state index >= 15 is 0 Å². The quantitative estimate of drug-likeness (QED) is 0.158. The van der Waals surface area contributed by atoms with Gasteiger partial charge in [-0.3, -0.25) is 0 Å². The number of para-hydroxylation sites is 2. The van der Waals surface area contributed by atoms with Crippen LogP contribution in [-0.4, -0.2) is 42.6 Å². The van der Waals surface area contributed by atoms with Crippen LogP contribution in [0, 0.1) is 0 Å². The van der Waals surface area contributed by atoms with Crippen molar-refractivity contribution in [3.8, 4) is 11.5 Å². The molecule has 0 saturated heterocycles. The summed E-state index contributed by atoms with van der Waals surface area (Å²) in [5, 5.41) is 2.81. The normalized spacial score (nSPS) is 21.8. The Labute approximate surface area is 263 Å². The van der Waals surface area contributed by atoms with E-state index in [2.05, 4.69) is 138 Å². The Morgan fingerprint density at radius 1 is 0.605 bits per heavy atom. The number of hydrogen-bond acceptors (Lipinski definition) is 3. The minimum atomic E-state index is -1.59. The summed E-state index contributed by atoms with van der Waals surface area (Å²) < 4.78 is 19.4. The Balaban J connectivity index is 1.56. The van der Waals surface area contributed by atoms with Crippen LogP contribution in [0.2, 0.25) is 39.3 Å². The molecular weight excluding hydrogens is 561 g/mol. The largest absolute Gasteiger partial charge is 0.494 e. The lowest BCUT2D eigenvalue weighted by atomic mass is 9.72. The van der Waals surface area contributed by atoms with E-state index in [4.69, 9.17) is 14.2 Å². The molecule has 0 amide bonds. The van der Waals surface area contributed by atoms with E-state index in [1.807, 2.05) is 0 Å². The zero-order valence-electron chi connectivity index (χ0n) is 28.0. The summed E-state index contributed by atoms with van der Waals surface area (Å²) in [4.78, 5) is 0. The molecule has 0 aliphatic heterocycles. The molecule has 0 radical (unpaired) electrons. The third kappa shape index (κ3) is 7.55. The van der Waals surface area contributed by atoms with Gasteiger partial charge in [-0.05, 0) is 49.9 Å². The molecule has 0 N–H and O–H groups in total. The van der Waals surface area contributed by atoms with Crippen LogP contribution in [-0.2, 0) is 15.6 Å². The van der Waals surface area contributed by atoms with Crippen LogP contribution >= 0.6 is 0 Å². The SMILES string of the molecule is CCOc1c(C2(CCOCCC3(c4cccc([Si](C)(C)C)c4OCC)C=CC=CC3)C=CC=CC2)cccc1[Si](C)(C)C. The molecule has 0 spiro atoms. The van der Waals surface area contributed by atoms with Crippen molar-refractivity contribution in [2.24, 2.45) is 0 Å². The van der Waals surface area contributed by atoms with E-state index in [9.17, 15) is 0 Å². The second kappa shape index (κ2) is 14.0. The van der Waals surface area contributed by atoms with Crippen molar-refractivity contribution >= 4 is 26.5 Å². The third-order valence-electron chi connectivity index (χ3n) is 8.97. The lowest BCUT2D eigenvalue weighted by Crippen LogP contribution is -2.41. The van der Waals surface area contributed by atoms with Crippen LogP contribution in [0.25, 0.3) is 0 Å². The maximum atomic E-state index is 6.55. The number of benzene rings is 2. The predicted octanol–water partition coefficient (Wildman–Crippen LogP) is 8.58. The van der Waals surface area contributed by atoms with Gasteiger partial charge in [-0.15, -0.1) is 0 Å². The summed E-state index contributed by atoms with van der Waals surface area (Å²) in [5.41, 5.74) is 2.35. The van der Waals surface area contributed by atoms with Crippen molar-refractivity contribution in [1.82, 2.24) is 0 Å². The van der Waals surface area contributed by atoms with Gasteiger partial charge in [0.25, 0.3) is 0 Å². The van der Waals surface area contributed by atoms with E-state index in [-0.39, 0.29) is 10.8 Å². The van der Waals surface area contributed by atoms with Crippen LogP contribution in [0.4, 0.5) is 0 Å². The lowest BCUT2D eigenvalue weighted by molar-refractivity contribution is 0.106. The highest BCUT2D eigenvalue weighted by Gasteiger charge is 2.37. The summed E-state index contributed by atoms with van der Waals surface area (Å²) in [7, 11) is -3.18. The Kier molecular flexibility index (Phi) is 10.8. The topological polar surface area (TPSA) is 27.7 Å². The van der Waals surface area contributed by atoms with Crippen LogP contribution in [0.3, 0.4) is 0 Å². The highest BCUT2D eigenvalue weighted by Crippen LogP contribution is 2.43. The highest BCUT2D eigenvalue weighted by atomic mass is 28.3. The molecule has 2 atom stereocenters. The molecule has 0 aromatic heterocycles. The number of rotatable bonds is 14. The molecule has 2 aliphatic rings. The molecule has 2 unspecified atom stereocenters. The molecule has 2 aromatic rings. The van der Waals surface area contributed by atoms with Gasteiger partial charge in [0.2, 0.25) is 0 Å². The molecule has 2 aliphatic carbocycles. The van der Waals surface area contributed by atoms with E-state index < -0.39 is 16.1 Å². The summed E-state index contributed by atoms with van der Waals surface area (Å²) in [6.07, 6.45) is 21.9. The highest BCUT2D eigenvalue weighted by molar-refractivity contribution is 6.89. The van der Waals surface area contributed by atoms with Crippen molar-refractivity contribution in [3.63, 3.8) is 0 Å². The maximum absolute atomic E-state index is 6.55. The van der Waals surface area contributed by atoms with Crippen molar-refractivity contribution in [3.05, 3.63) is 96.1 Å². The standard InChI is InChI=1S/C38H54O3Si2/c1-9-40-35-31(19-17-21-33(35)42(3,4)5)37(23-13-11-14-24-37)27-29-39-30-28-38(25-15-12-16-26-38)32-20-18-22-34(43(6,7)8)36(32)41-10-2/h11-23,25H,9-10,24,26-30H2,1-8H3. The van der Waals surface area contributed by atoms with Crippen LogP contribution in [0.15, 0.2) is 85.0 Å². The van der Waals surface area contributed by atoms with Crippen molar-refractivity contribution in [1.29, 1.82) is 0 Å². The first-order valence-electron chi connectivity index (χ1n) is 16.3. The van der Waals surface area contributed by atoms with Crippen molar-refractivity contribution in [2.75, 3.05) is 26.4 Å². The number of ether oxygens (including phenoxy) is 3. The molecule has 232 valence electrons. The summed E-state index contributed by atoms with van der Waals surface area (Å²) in [6.45, 7) is 21.4. The number of hydrogen-bond donors (Lipinski definition) is 0. The van der Waals surface area contributed by atoms with E-state index in [0.29, 0.717) is 26.4 Å². The fourth-order valence-corrected chi connectivity index (χ4v) is 9.59. The second-order valence-corrected chi connectivity index (χ2v) is 24.2. The first-order chi connectivity index (χ1) is 20.5. The molecule has 0 saturated carbocycles. The maximum Gasteiger partial charge on any atom is 0.122 e. The smallest absolute Gasteiger partial charge is 0.122 e. The average molecular weight is 615 g/mol. The zero-order chi connectivity index (χ0) is 31.1.